The number of carbonyl (C=O) groups is 1. The van der Waals surface area contributed by atoms with Crippen molar-refractivity contribution >= 4 is 11.7 Å². The van der Waals surface area contributed by atoms with Crippen molar-refractivity contribution in [3.8, 4) is 11.5 Å². The first kappa shape index (κ1) is 23.5. The number of methoxy groups -OCH3 is 1. The molecule has 5 nitrogen and oxygen atoms in total. The van der Waals surface area contributed by atoms with Gasteiger partial charge in [0.1, 0.15) is 23.9 Å². The van der Waals surface area contributed by atoms with Crippen LogP contribution in [0.3, 0.4) is 0 Å². The molecular formula is C25H32O5. The normalized spacial score (nSPS) is 12.2. The molecule has 3 rings (SSSR count). The molecular weight excluding hydrogens is 380 g/mol. The number of ether oxygens (including phenoxy) is 4. The zero-order valence-electron chi connectivity index (χ0n) is 18.4. The predicted molar refractivity (Wildman–Crippen MR) is 119 cm³/mol. The summed E-state index contributed by atoms with van der Waals surface area (Å²) in [6.07, 6.45) is 3.28. The smallest absolute Gasteiger partial charge is 0.338 e. The molecule has 0 aliphatic heterocycles. The third kappa shape index (κ3) is 6.63. The molecule has 30 heavy (non-hydrogen) atoms. The topological polar surface area (TPSA) is 54.0 Å². The van der Waals surface area contributed by atoms with Gasteiger partial charge in [-0.15, -0.1) is 0 Å². The number of esters is 1. The lowest BCUT2D eigenvalue weighted by Crippen LogP contribution is -2.10. The highest BCUT2D eigenvalue weighted by molar-refractivity contribution is 5.89. The van der Waals surface area contributed by atoms with Crippen LogP contribution in [0.25, 0.3) is 5.76 Å². The van der Waals surface area contributed by atoms with Crippen molar-refractivity contribution in [2.24, 2.45) is 0 Å². The summed E-state index contributed by atoms with van der Waals surface area (Å²) in [6, 6.07) is 15.0. The minimum Gasteiger partial charge on any atom is -0.494 e. The molecule has 0 bridgehead atoms. The lowest BCUT2D eigenvalue weighted by atomic mass is 9.89. The fourth-order valence-corrected chi connectivity index (χ4v) is 2.86. The Morgan fingerprint density at radius 3 is 2.00 bits per heavy atom. The first-order valence-corrected chi connectivity index (χ1v) is 10.6. The maximum Gasteiger partial charge on any atom is 0.338 e. The van der Waals surface area contributed by atoms with Gasteiger partial charge in [-0.05, 0) is 80.3 Å². The Morgan fingerprint density at radius 1 is 0.867 bits per heavy atom. The number of hydrogen-bond acceptors (Lipinski definition) is 5. The van der Waals surface area contributed by atoms with E-state index in [0.29, 0.717) is 24.5 Å². The first-order valence-electron chi connectivity index (χ1n) is 10.6. The van der Waals surface area contributed by atoms with Crippen molar-refractivity contribution in [3.05, 3.63) is 65.2 Å². The van der Waals surface area contributed by atoms with E-state index in [0.717, 1.165) is 29.9 Å². The van der Waals surface area contributed by atoms with Gasteiger partial charge in [-0.1, -0.05) is 13.8 Å². The van der Waals surface area contributed by atoms with E-state index in [-0.39, 0.29) is 12.6 Å². The third-order valence-corrected chi connectivity index (χ3v) is 4.54. The van der Waals surface area contributed by atoms with E-state index in [4.69, 9.17) is 18.9 Å². The molecule has 162 valence electrons. The highest BCUT2D eigenvalue weighted by Crippen LogP contribution is 2.35. The van der Waals surface area contributed by atoms with Crippen LogP contribution in [0.5, 0.6) is 11.5 Å². The van der Waals surface area contributed by atoms with Crippen LogP contribution in [0.2, 0.25) is 0 Å². The Balaban J connectivity index is 0.00000155. The van der Waals surface area contributed by atoms with E-state index in [1.165, 1.54) is 12.0 Å². The SMILES string of the molecule is CC.CCOc1ccc(C(Oc2ccc(C(=O)OCCOC)cc2)=C2CCC2)cc1. The standard InChI is InChI=1S/C23H26O5.C2H6/c1-3-26-20-11-7-18(8-12-20)22(17-5-4-6-17)28-21-13-9-19(10-14-21)23(24)27-16-15-25-2;1-2/h7-14H,3-6,15-16H2,1-2H3;1-2H3. The van der Waals surface area contributed by atoms with Crippen molar-refractivity contribution in [1.82, 2.24) is 0 Å². The van der Waals surface area contributed by atoms with Crippen molar-refractivity contribution in [2.75, 3.05) is 26.9 Å². The molecule has 0 spiro atoms. The van der Waals surface area contributed by atoms with Gasteiger partial charge in [-0.2, -0.15) is 0 Å². The van der Waals surface area contributed by atoms with Crippen LogP contribution in [0.4, 0.5) is 0 Å². The molecule has 0 radical (unpaired) electrons. The minimum absolute atomic E-state index is 0.238. The zero-order chi connectivity index (χ0) is 21.8. The minimum atomic E-state index is -0.368. The van der Waals surface area contributed by atoms with Crippen molar-refractivity contribution in [3.63, 3.8) is 0 Å². The number of carbonyl (C=O) groups excluding carboxylic acids is 1. The second kappa shape index (κ2) is 12.7. The summed E-state index contributed by atoms with van der Waals surface area (Å²) in [7, 11) is 1.57. The van der Waals surface area contributed by atoms with Gasteiger partial charge in [0.25, 0.3) is 0 Å². The number of benzene rings is 2. The number of allylic oxidation sites excluding steroid dienone is 1. The molecule has 0 heterocycles. The summed E-state index contributed by atoms with van der Waals surface area (Å²) in [6.45, 7) is 7.23. The molecule has 0 amide bonds. The van der Waals surface area contributed by atoms with Crippen LogP contribution in [0.1, 0.15) is 56.0 Å². The quantitative estimate of drug-likeness (QED) is 0.292. The van der Waals surface area contributed by atoms with Crippen molar-refractivity contribution < 1.29 is 23.7 Å². The van der Waals surface area contributed by atoms with Crippen LogP contribution in [0, 0.1) is 0 Å². The van der Waals surface area contributed by atoms with E-state index in [1.807, 2.05) is 45.0 Å². The number of rotatable bonds is 9. The highest BCUT2D eigenvalue weighted by atomic mass is 16.6. The molecule has 2 aromatic carbocycles. The maximum atomic E-state index is 12.0. The third-order valence-electron chi connectivity index (χ3n) is 4.54. The van der Waals surface area contributed by atoms with Gasteiger partial charge < -0.3 is 18.9 Å². The van der Waals surface area contributed by atoms with Gasteiger partial charge >= 0.3 is 5.97 Å². The van der Waals surface area contributed by atoms with Crippen LogP contribution in [0.15, 0.2) is 54.1 Å². The van der Waals surface area contributed by atoms with E-state index >= 15 is 0 Å². The van der Waals surface area contributed by atoms with Crippen molar-refractivity contribution in [1.29, 1.82) is 0 Å². The molecule has 2 aromatic rings. The average molecular weight is 413 g/mol. The van der Waals surface area contributed by atoms with Crippen molar-refractivity contribution in [2.45, 2.75) is 40.0 Å². The summed E-state index contributed by atoms with van der Waals surface area (Å²) in [5.74, 6) is 2.06. The fourth-order valence-electron chi connectivity index (χ4n) is 2.86. The molecule has 0 N–H and O–H groups in total. The predicted octanol–water partition coefficient (Wildman–Crippen LogP) is 5.89. The first-order chi connectivity index (χ1) is 14.7. The van der Waals surface area contributed by atoms with Gasteiger partial charge in [0.05, 0.1) is 18.8 Å². The molecule has 0 saturated heterocycles. The van der Waals surface area contributed by atoms with Gasteiger partial charge in [0.2, 0.25) is 0 Å². The number of hydrogen-bond donors (Lipinski definition) is 0. The van der Waals surface area contributed by atoms with Gasteiger partial charge in [-0.25, -0.2) is 4.79 Å². The van der Waals surface area contributed by atoms with Gasteiger partial charge in [-0.3, -0.25) is 0 Å². The Labute approximate surface area is 179 Å². The second-order valence-corrected chi connectivity index (χ2v) is 6.50. The Bertz CT molecular complexity index is 800. The molecule has 1 saturated carbocycles. The second-order valence-electron chi connectivity index (χ2n) is 6.50. The van der Waals surface area contributed by atoms with Gasteiger partial charge in [0, 0.05) is 12.7 Å². The molecule has 1 fully saturated rings. The van der Waals surface area contributed by atoms with E-state index in [1.54, 1.807) is 31.4 Å². The Morgan fingerprint density at radius 2 is 1.47 bits per heavy atom. The summed E-state index contributed by atoms with van der Waals surface area (Å²) < 4.78 is 21.7. The molecule has 0 atom stereocenters. The lowest BCUT2D eigenvalue weighted by molar-refractivity contribution is 0.0388. The van der Waals surface area contributed by atoms with E-state index in [2.05, 4.69) is 0 Å². The van der Waals surface area contributed by atoms with Crippen LogP contribution >= 0.6 is 0 Å². The lowest BCUT2D eigenvalue weighted by Gasteiger charge is -2.22. The average Bonchev–Trinajstić information content (AvgIpc) is 2.75. The van der Waals surface area contributed by atoms with Gasteiger partial charge in [0.15, 0.2) is 0 Å². The Kier molecular flexibility index (Phi) is 9.95. The molecule has 1 aliphatic carbocycles. The summed E-state index contributed by atoms with van der Waals surface area (Å²) in [5, 5.41) is 0. The summed E-state index contributed by atoms with van der Waals surface area (Å²) in [5.41, 5.74) is 2.83. The van der Waals surface area contributed by atoms with E-state index in [9.17, 15) is 4.79 Å². The maximum absolute atomic E-state index is 12.0. The molecule has 5 heteroatoms. The van der Waals surface area contributed by atoms with Crippen LogP contribution in [-0.2, 0) is 9.47 Å². The fraction of sp³-hybridized carbons (Fsp3) is 0.400. The monoisotopic (exact) mass is 412 g/mol. The zero-order valence-corrected chi connectivity index (χ0v) is 18.4. The Hall–Kier alpha value is -2.79. The van der Waals surface area contributed by atoms with E-state index < -0.39 is 0 Å². The summed E-state index contributed by atoms with van der Waals surface area (Å²) in [4.78, 5) is 12.0. The largest absolute Gasteiger partial charge is 0.494 e. The highest BCUT2D eigenvalue weighted by Gasteiger charge is 2.18. The molecule has 0 unspecified atom stereocenters. The van der Waals surface area contributed by atoms with Crippen LogP contribution < -0.4 is 9.47 Å². The summed E-state index contributed by atoms with van der Waals surface area (Å²) >= 11 is 0. The van der Waals surface area contributed by atoms with Crippen LogP contribution in [-0.4, -0.2) is 32.9 Å². The molecule has 0 aromatic heterocycles. The molecule has 1 aliphatic rings.